The van der Waals surface area contributed by atoms with Gasteiger partial charge in [0.1, 0.15) is 5.69 Å². The highest BCUT2D eigenvalue weighted by Gasteiger charge is 2.17. The number of benzene rings is 1. The molecule has 6 nitrogen and oxygen atoms in total. The van der Waals surface area contributed by atoms with Gasteiger partial charge < -0.3 is 10.3 Å². The van der Waals surface area contributed by atoms with Crippen LogP contribution < -0.4 is 5.32 Å². The predicted molar refractivity (Wildman–Crippen MR) is 156 cm³/mol. The van der Waals surface area contributed by atoms with Crippen LogP contribution in [0, 0.1) is 5.41 Å². The van der Waals surface area contributed by atoms with Crippen LogP contribution in [-0.4, -0.2) is 25.1 Å². The van der Waals surface area contributed by atoms with Gasteiger partial charge in [0, 0.05) is 27.8 Å². The van der Waals surface area contributed by atoms with Gasteiger partial charge in [0.25, 0.3) is 0 Å². The van der Waals surface area contributed by atoms with Crippen LogP contribution in [0.3, 0.4) is 0 Å². The van der Waals surface area contributed by atoms with E-state index in [1.807, 2.05) is 43.5 Å². The number of H-pyrrole nitrogens is 2. The lowest BCUT2D eigenvalue weighted by Crippen LogP contribution is -2.22. The first-order chi connectivity index (χ1) is 17.8. The van der Waals surface area contributed by atoms with E-state index in [0.717, 1.165) is 61.4 Å². The predicted octanol–water partition coefficient (Wildman–Crippen LogP) is 7.85. The number of nitrogens with zero attached hydrogens (tertiary/aromatic N) is 3. The van der Waals surface area contributed by atoms with Crippen molar-refractivity contribution in [1.29, 1.82) is 0 Å². The van der Waals surface area contributed by atoms with Crippen molar-refractivity contribution in [2.75, 3.05) is 0 Å². The van der Waals surface area contributed by atoms with Crippen molar-refractivity contribution in [2.45, 2.75) is 27.7 Å². The van der Waals surface area contributed by atoms with Crippen LogP contribution in [0.4, 0.5) is 0 Å². The molecule has 4 aromatic heterocycles. The summed E-state index contributed by atoms with van der Waals surface area (Å²) in [6.07, 6.45) is 7.67. The van der Waals surface area contributed by atoms with Gasteiger partial charge in [-0.2, -0.15) is 16.4 Å². The van der Waals surface area contributed by atoms with Crippen molar-refractivity contribution in [3.63, 3.8) is 0 Å². The number of fused-ring (bicyclic) bond motifs is 2. The summed E-state index contributed by atoms with van der Waals surface area (Å²) in [5.74, 6) is 0.716. The van der Waals surface area contributed by atoms with Gasteiger partial charge in [-0.3, -0.25) is 10.1 Å². The summed E-state index contributed by atoms with van der Waals surface area (Å²) in [5.41, 5.74) is 9.27. The molecule has 0 unspecified atom stereocenters. The Hall–Kier alpha value is -4.23. The molecule has 0 saturated carbocycles. The zero-order valence-electron chi connectivity index (χ0n) is 21.5. The molecule has 5 aromatic rings. The maximum atomic E-state index is 4.96. The van der Waals surface area contributed by atoms with E-state index in [1.54, 1.807) is 17.4 Å². The maximum Gasteiger partial charge on any atom is 0.159 e. The Labute approximate surface area is 220 Å². The Morgan fingerprint density at radius 1 is 1.16 bits per heavy atom. The summed E-state index contributed by atoms with van der Waals surface area (Å²) in [4.78, 5) is 13.1. The number of thiophene rings is 1. The molecule has 1 aromatic carbocycles. The van der Waals surface area contributed by atoms with Crippen LogP contribution in [0.1, 0.15) is 33.4 Å². The van der Waals surface area contributed by atoms with E-state index < -0.39 is 0 Å². The minimum atomic E-state index is -0.0725. The average molecular weight is 507 g/mol. The zero-order chi connectivity index (χ0) is 26.2. The summed E-state index contributed by atoms with van der Waals surface area (Å²) in [5, 5.41) is 16.3. The Balaban J connectivity index is 1.54. The highest BCUT2D eigenvalue weighted by atomic mass is 32.1. The van der Waals surface area contributed by atoms with Crippen molar-refractivity contribution in [2.24, 2.45) is 5.41 Å². The number of aromatic nitrogens is 5. The second-order valence-electron chi connectivity index (χ2n) is 9.89. The quantitative estimate of drug-likeness (QED) is 0.196. The molecule has 0 aliphatic carbocycles. The third-order valence-electron chi connectivity index (χ3n) is 6.35. The highest BCUT2D eigenvalue weighted by molar-refractivity contribution is 7.08. The Morgan fingerprint density at radius 2 is 2.00 bits per heavy atom. The van der Waals surface area contributed by atoms with Gasteiger partial charge in [-0.15, -0.1) is 0 Å². The van der Waals surface area contributed by atoms with Crippen LogP contribution in [0.25, 0.3) is 50.2 Å². The number of hydrogen-bond donors (Lipinski definition) is 3. The average Bonchev–Trinajstić information content (AvgIpc) is 3.64. The molecule has 0 amide bonds. The van der Waals surface area contributed by atoms with Gasteiger partial charge in [0.15, 0.2) is 5.82 Å². The SMILES string of the molecule is C=C/C(=C\C(=C/C)c1cc2c(-c3nc4c(-c5ccsc5)cccc4[nH]3)n[nH]c2cn1)NC(=C)C(C)(C)C. The molecular weight excluding hydrogens is 476 g/mol. The van der Waals surface area contributed by atoms with E-state index in [0.29, 0.717) is 5.82 Å². The second-order valence-corrected chi connectivity index (χ2v) is 10.7. The van der Waals surface area contributed by atoms with E-state index in [-0.39, 0.29) is 5.41 Å². The molecule has 0 aliphatic heterocycles. The number of imidazole rings is 1. The molecule has 5 rings (SSSR count). The van der Waals surface area contributed by atoms with Gasteiger partial charge >= 0.3 is 0 Å². The normalized spacial score (nSPS) is 12.9. The molecule has 0 bridgehead atoms. The summed E-state index contributed by atoms with van der Waals surface area (Å²) in [6, 6.07) is 10.4. The fourth-order valence-electron chi connectivity index (χ4n) is 4.03. The molecule has 3 N–H and O–H groups in total. The van der Waals surface area contributed by atoms with Gasteiger partial charge in [-0.05, 0) is 59.2 Å². The van der Waals surface area contributed by atoms with Crippen molar-refractivity contribution in [3.05, 3.63) is 95.8 Å². The molecule has 37 heavy (non-hydrogen) atoms. The molecule has 0 radical (unpaired) electrons. The van der Waals surface area contributed by atoms with E-state index in [1.165, 1.54) is 0 Å². The lowest BCUT2D eigenvalue weighted by atomic mass is 9.92. The second kappa shape index (κ2) is 9.67. The topological polar surface area (TPSA) is 82.3 Å². The maximum absolute atomic E-state index is 4.96. The molecule has 0 spiro atoms. The number of hydrogen-bond acceptors (Lipinski definition) is 5. The number of rotatable bonds is 7. The van der Waals surface area contributed by atoms with Gasteiger partial charge in [-0.25, -0.2) is 4.98 Å². The summed E-state index contributed by atoms with van der Waals surface area (Å²) in [7, 11) is 0. The summed E-state index contributed by atoms with van der Waals surface area (Å²) >= 11 is 1.68. The third kappa shape index (κ3) is 4.78. The van der Waals surface area contributed by atoms with Crippen LogP contribution in [-0.2, 0) is 0 Å². The first-order valence-electron chi connectivity index (χ1n) is 12.1. The first kappa shape index (κ1) is 24.5. The first-order valence-corrected chi connectivity index (χ1v) is 13.1. The molecule has 4 heterocycles. The van der Waals surface area contributed by atoms with Crippen molar-refractivity contribution < 1.29 is 0 Å². The van der Waals surface area contributed by atoms with Gasteiger partial charge in [-0.1, -0.05) is 52.1 Å². The lowest BCUT2D eigenvalue weighted by molar-refractivity contribution is 0.478. The Morgan fingerprint density at radius 3 is 2.70 bits per heavy atom. The molecule has 186 valence electrons. The number of nitrogens with one attached hydrogen (secondary N) is 3. The minimum Gasteiger partial charge on any atom is -0.359 e. The van der Waals surface area contributed by atoms with Crippen LogP contribution >= 0.6 is 11.3 Å². The van der Waals surface area contributed by atoms with Crippen LogP contribution in [0.15, 0.2) is 90.1 Å². The highest BCUT2D eigenvalue weighted by Crippen LogP contribution is 2.33. The molecule has 7 heteroatoms. The summed E-state index contributed by atoms with van der Waals surface area (Å²) < 4.78 is 0. The number of allylic oxidation sites excluding steroid dienone is 5. The number of aromatic amines is 2. The van der Waals surface area contributed by atoms with Gasteiger partial charge in [0.2, 0.25) is 0 Å². The largest absolute Gasteiger partial charge is 0.359 e. The lowest BCUT2D eigenvalue weighted by Gasteiger charge is -2.23. The van der Waals surface area contributed by atoms with E-state index >= 15 is 0 Å². The van der Waals surface area contributed by atoms with E-state index in [4.69, 9.17) is 9.97 Å². The van der Waals surface area contributed by atoms with Crippen LogP contribution in [0.2, 0.25) is 0 Å². The monoisotopic (exact) mass is 506 g/mol. The van der Waals surface area contributed by atoms with E-state index in [9.17, 15) is 0 Å². The number of pyridine rings is 1. The van der Waals surface area contributed by atoms with Crippen molar-refractivity contribution >= 4 is 38.8 Å². The number of para-hydroxylation sites is 1. The summed E-state index contributed by atoms with van der Waals surface area (Å²) in [6.45, 7) is 16.5. The van der Waals surface area contributed by atoms with Crippen molar-refractivity contribution in [1.82, 2.24) is 30.5 Å². The molecule has 0 saturated heterocycles. The Kier molecular flexibility index (Phi) is 6.39. The fraction of sp³-hybridized carbons (Fsp3) is 0.167. The smallest absolute Gasteiger partial charge is 0.159 e. The fourth-order valence-corrected chi connectivity index (χ4v) is 4.69. The third-order valence-corrected chi connectivity index (χ3v) is 7.04. The van der Waals surface area contributed by atoms with Crippen LogP contribution in [0.5, 0.6) is 0 Å². The standard InChI is InChI=1S/C30H30N6S/c1-7-19(14-21(8-2)32-18(3)30(4,5)6)25-15-23-26(16-31-25)35-36-28(23)29-33-24-11-9-10-22(27(24)34-29)20-12-13-37-17-20/h7-17,32H,2-3H2,1,4-6H3,(H,33,34)(H,35,36)/b19-7+,21-14+. The Bertz CT molecular complexity index is 1670. The molecule has 0 fully saturated rings. The zero-order valence-corrected chi connectivity index (χ0v) is 22.3. The van der Waals surface area contributed by atoms with Gasteiger partial charge in [0.05, 0.1) is 28.4 Å². The molecule has 0 aliphatic rings. The van der Waals surface area contributed by atoms with Crippen molar-refractivity contribution in [3.8, 4) is 22.6 Å². The minimum absolute atomic E-state index is 0.0725. The molecule has 0 atom stereocenters. The van der Waals surface area contributed by atoms with E-state index in [2.05, 4.69) is 77.3 Å². The molecular formula is C30H30N6S.